The van der Waals surface area contributed by atoms with E-state index < -0.39 is 17.7 Å². The number of amides is 1. The Morgan fingerprint density at radius 2 is 1.68 bits per heavy atom. The molecule has 0 heterocycles. The molecule has 0 aliphatic carbocycles. The summed E-state index contributed by atoms with van der Waals surface area (Å²) in [5, 5.41) is 12.0. The summed E-state index contributed by atoms with van der Waals surface area (Å²) in [5.74, 6) is -1.08. The van der Waals surface area contributed by atoms with Crippen molar-refractivity contribution in [1.82, 2.24) is 0 Å². The molecule has 0 saturated heterocycles. The number of benzene rings is 3. The van der Waals surface area contributed by atoms with Crippen LogP contribution >= 0.6 is 39.1 Å². The summed E-state index contributed by atoms with van der Waals surface area (Å²) in [6, 6.07) is 13.3. The summed E-state index contributed by atoms with van der Waals surface area (Å²) in [6.45, 7) is 0. The van der Waals surface area contributed by atoms with E-state index in [2.05, 4.69) is 21.2 Å². The average molecular weight is 527 g/mol. The molecule has 3 rings (SSSR count). The van der Waals surface area contributed by atoms with Crippen LogP contribution in [0.15, 0.2) is 59.1 Å². The molecule has 0 atom stereocenters. The lowest BCUT2D eigenvalue weighted by molar-refractivity contribution is -0.136. The lowest BCUT2D eigenvalue weighted by Crippen LogP contribution is -2.12. The van der Waals surface area contributed by atoms with Crippen LogP contribution < -0.4 is 10.1 Å². The molecule has 5 nitrogen and oxygen atoms in total. The van der Waals surface area contributed by atoms with Gasteiger partial charge < -0.3 is 15.2 Å². The standard InChI is InChI=1S/C22H15BrCl2FNO4/c23-16-11-15(6-7-19(16)27-22(30)13-2-4-14(26)5-3-13)31-21-17(24)9-12(10-18(21)25)1-8-20(28)29/h2-7,9-11H,1,8H2,(H,27,30)(H,28,29). The number of aliphatic carboxylic acids is 1. The molecule has 3 aromatic rings. The van der Waals surface area contributed by atoms with E-state index in [1.807, 2.05) is 0 Å². The largest absolute Gasteiger partial charge is 0.481 e. The van der Waals surface area contributed by atoms with E-state index >= 15 is 0 Å². The number of aryl methyl sites for hydroxylation is 1. The van der Waals surface area contributed by atoms with Crippen LogP contribution in [0.2, 0.25) is 10.0 Å². The van der Waals surface area contributed by atoms with Crippen LogP contribution in [0, 0.1) is 5.82 Å². The lowest BCUT2D eigenvalue weighted by Gasteiger charge is -2.13. The van der Waals surface area contributed by atoms with Crippen molar-refractivity contribution in [3.63, 3.8) is 0 Å². The Balaban J connectivity index is 1.73. The van der Waals surface area contributed by atoms with Crippen LogP contribution in [0.4, 0.5) is 10.1 Å². The van der Waals surface area contributed by atoms with Crippen molar-refractivity contribution in [3.8, 4) is 11.5 Å². The van der Waals surface area contributed by atoms with Crippen molar-refractivity contribution < 1.29 is 23.8 Å². The summed E-state index contributed by atoms with van der Waals surface area (Å²) >= 11 is 15.9. The number of halogens is 4. The van der Waals surface area contributed by atoms with Gasteiger partial charge >= 0.3 is 5.97 Å². The maximum Gasteiger partial charge on any atom is 0.303 e. The van der Waals surface area contributed by atoms with Crippen molar-refractivity contribution in [3.05, 3.63) is 86.1 Å². The molecule has 0 spiro atoms. The second-order valence-electron chi connectivity index (χ2n) is 6.49. The third-order valence-corrected chi connectivity index (χ3v) is 5.42. The first-order chi connectivity index (χ1) is 14.7. The number of ether oxygens (including phenoxy) is 1. The SMILES string of the molecule is O=C(O)CCc1cc(Cl)c(Oc2ccc(NC(=O)c3ccc(F)cc3)c(Br)c2)c(Cl)c1. The van der Waals surface area contributed by atoms with Crippen molar-refractivity contribution in [2.45, 2.75) is 12.8 Å². The highest BCUT2D eigenvalue weighted by Gasteiger charge is 2.14. The number of carbonyl (C=O) groups is 2. The van der Waals surface area contributed by atoms with Gasteiger partial charge in [0.25, 0.3) is 5.91 Å². The van der Waals surface area contributed by atoms with Crippen LogP contribution in [-0.2, 0) is 11.2 Å². The molecule has 31 heavy (non-hydrogen) atoms. The van der Waals surface area contributed by atoms with Crippen LogP contribution in [0.25, 0.3) is 0 Å². The lowest BCUT2D eigenvalue weighted by atomic mass is 10.1. The number of hydrogen-bond donors (Lipinski definition) is 2. The van der Waals surface area contributed by atoms with E-state index in [1.54, 1.807) is 30.3 Å². The van der Waals surface area contributed by atoms with Gasteiger partial charge in [-0.25, -0.2) is 4.39 Å². The molecule has 0 bridgehead atoms. The second-order valence-corrected chi connectivity index (χ2v) is 8.16. The number of carbonyl (C=O) groups excluding carboxylic acids is 1. The molecule has 0 radical (unpaired) electrons. The number of anilines is 1. The van der Waals surface area contributed by atoms with Crippen molar-refractivity contribution >= 4 is 56.7 Å². The molecule has 0 fully saturated rings. The second kappa shape index (κ2) is 10.1. The van der Waals surface area contributed by atoms with Gasteiger partial charge in [-0.3, -0.25) is 9.59 Å². The Bertz CT molecular complexity index is 1120. The average Bonchev–Trinajstić information content (AvgIpc) is 2.71. The summed E-state index contributed by atoms with van der Waals surface area (Å²) < 4.78 is 19.4. The minimum Gasteiger partial charge on any atom is -0.481 e. The highest BCUT2D eigenvalue weighted by Crippen LogP contribution is 2.39. The molecule has 160 valence electrons. The quantitative estimate of drug-likeness (QED) is 0.349. The Morgan fingerprint density at radius 3 is 2.26 bits per heavy atom. The number of nitrogens with one attached hydrogen (secondary N) is 1. The van der Waals surface area contributed by atoms with Gasteiger partial charge in [-0.15, -0.1) is 0 Å². The Kier molecular flexibility index (Phi) is 7.54. The van der Waals surface area contributed by atoms with E-state index in [9.17, 15) is 14.0 Å². The monoisotopic (exact) mass is 525 g/mol. The summed E-state index contributed by atoms with van der Waals surface area (Å²) in [4.78, 5) is 23.0. The fourth-order valence-electron chi connectivity index (χ4n) is 2.68. The minimum absolute atomic E-state index is 0.0368. The molecule has 0 aliphatic heterocycles. The zero-order valence-corrected chi connectivity index (χ0v) is 18.9. The zero-order chi connectivity index (χ0) is 22.5. The van der Waals surface area contributed by atoms with E-state index in [0.717, 1.165) is 0 Å². The minimum atomic E-state index is -0.913. The number of hydrogen-bond acceptors (Lipinski definition) is 3. The smallest absolute Gasteiger partial charge is 0.303 e. The topological polar surface area (TPSA) is 75.6 Å². The van der Waals surface area contributed by atoms with Crippen LogP contribution in [-0.4, -0.2) is 17.0 Å². The maximum atomic E-state index is 13.0. The van der Waals surface area contributed by atoms with Crippen LogP contribution in [0.1, 0.15) is 22.3 Å². The fourth-order valence-corrected chi connectivity index (χ4v) is 3.75. The third kappa shape index (κ3) is 6.19. The van der Waals surface area contributed by atoms with Gasteiger partial charge in [-0.1, -0.05) is 23.2 Å². The number of rotatable bonds is 7. The summed E-state index contributed by atoms with van der Waals surface area (Å²) in [7, 11) is 0. The molecule has 0 unspecified atom stereocenters. The van der Waals surface area contributed by atoms with Gasteiger partial charge in [0.2, 0.25) is 0 Å². The molecular weight excluding hydrogens is 512 g/mol. The highest BCUT2D eigenvalue weighted by atomic mass is 79.9. The predicted molar refractivity (Wildman–Crippen MR) is 121 cm³/mol. The van der Waals surface area contributed by atoms with E-state index in [1.165, 1.54) is 24.3 Å². The van der Waals surface area contributed by atoms with Gasteiger partial charge in [0.15, 0.2) is 5.75 Å². The van der Waals surface area contributed by atoms with Crippen LogP contribution in [0.3, 0.4) is 0 Å². The normalized spacial score (nSPS) is 10.6. The summed E-state index contributed by atoms with van der Waals surface area (Å²) in [5.41, 5.74) is 1.49. The Morgan fingerprint density at radius 1 is 1.03 bits per heavy atom. The first-order valence-corrected chi connectivity index (χ1v) is 10.5. The molecule has 0 aromatic heterocycles. The molecule has 2 N–H and O–H groups in total. The van der Waals surface area contributed by atoms with E-state index in [4.69, 9.17) is 33.0 Å². The zero-order valence-electron chi connectivity index (χ0n) is 15.8. The van der Waals surface area contributed by atoms with Gasteiger partial charge in [-0.05, 0) is 82.5 Å². The summed E-state index contributed by atoms with van der Waals surface area (Å²) in [6.07, 6.45) is 0.258. The number of carboxylic acid groups (broad SMARTS) is 1. The van der Waals surface area contributed by atoms with E-state index in [-0.39, 0.29) is 22.2 Å². The van der Waals surface area contributed by atoms with Gasteiger partial charge in [0, 0.05) is 16.5 Å². The molecule has 1 amide bonds. The Labute approximate surface area is 195 Å². The molecule has 3 aromatic carbocycles. The van der Waals surface area contributed by atoms with Crippen molar-refractivity contribution in [2.75, 3.05) is 5.32 Å². The van der Waals surface area contributed by atoms with Crippen molar-refractivity contribution in [2.24, 2.45) is 0 Å². The highest BCUT2D eigenvalue weighted by molar-refractivity contribution is 9.10. The Hall–Kier alpha value is -2.61. The molecule has 0 aliphatic rings. The maximum absolute atomic E-state index is 13.0. The van der Waals surface area contributed by atoms with Gasteiger partial charge in [0.1, 0.15) is 11.6 Å². The molecule has 9 heteroatoms. The predicted octanol–water partition coefficient (Wildman–Crippen LogP) is 6.96. The van der Waals surface area contributed by atoms with Gasteiger partial charge in [0.05, 0.1) is 15.7 Å². The molecule has 0 saturated carbocycles. The third-order valence-electron chi connectivity index (χ3n) is 4.20. The van der Waals surface area contributed by atoms with E-state index in [0.29, 0.717) is 33.5 Å². The van der Waals surface area contributed by atoms with Crippen molar-refractivity contribution in [1.29, 1.82) is 0 Å². The fraction of sp³-hybridized carbons (Fsp3) is 0.0909. The van der Waals surface area contributed by atoms with Gasteiger partial charge in [-0.2, -0.15) is 0 Å². The molecular formula is C22H15BrCl2FNO4. The number of carboxylic acids is 1. The van der Waals surface area contributed by atoms with Crippen LogP contribution in [0.5, 0.6) is 11.5 Å². The first kappa shape index (κ1) is 23.1. The first-order valence-electron chi connectivity index (χ1n) is 8.97.